The van der Waals surface area contributed by atoms with Gasteiger partial charge in [-0.25, -0.2) is 0 Å². The molecular formula is C16H21Cl2NO. The standard InChI is InChI=1S/C16H21Cl2NO/c1-2-20-10-16-6-5-13(19-16)7-12(9-16)11-3-4-14(17)15(18)8-11/h3-4,8,12-13,19H,2,5-7,9-10H2,1H3/t12-,13+,16+/m0/s1. The maximum atomic E-state index is 6.17. The Kier molecular flexibility index (Phi) is 4.28. The van der Waals surface area contributed by atoms with Crippen LogP contribution in [0.15, 0.2) is 18.2 Å². The lowest BCUT2D eigenvalue weighted by Crippen LogP contribution is -2.51. The molecule has 0 unspecified atom stereocenters. The summed E-state index contributed by atoms with van der Waals surface area (Å²) in [5.41, 5.74) is 1.48. The van der Waals surface area contributed by atoms with E-state index in [9.17, 15) is 0 Å². The summed E-state index contributed by atoms with van der Waals surface area (Å²) in [7, 11) is 0. The lowest BCUT2D eigenvalue weighted by atomic mass is 9.80. The van der Waals surface area contributed by atoms with Gasteiger partial charge in [0.05, 0.1) is 16.7 Å². The van der Waals surface area contributed by atoms with Crippen molar-refractivity contribution < 1.29 is 4.74 Å². The summed E-state index contributed by atoms with van der Waals surface area (Å²) in [6.45, 7) is 3.66. The molecule has 2 saturated heterocycles. The normalized spacial score (nSPS) is 32.5. The van der Waals surface area contributed by atoms with E-state index in [0.717, 1.165) is 19.6 Å². The van der Waals surface area contributed by atoms with Crippen LogP contribution in [-0.4, -0.2) is 24.8 Å². The number of nitrogens with one attached hydrogen (secondary N) is 1. The molecule has 0 amide bonds. The molecule has 1 aromatic rings. The summed E-state index contributed by atoms with van der Waals surface area (Å²) in [5.74, 6) is 0.555. The highest BCUT2D eigenvalue weighted by atomic mass is 35.5. The minimum atomic E-state index is 0.162. The Bertz CT molecular complexity index is 493. The molecule has 3 rings (SSSR count). The molecule has 0 spiro atoms. The molecule has 2 aliphatic heterocycles. The molecule has 0 aromatic heterocycles. The molecule has 2 bridgehead atoms. The lowest BCUT2D eigenvalue weighted by Gasteiger charge is -2.39. The average Bonchev–Trinajstić information content (AvgIpc) is 2.75. The second-order valence-corrected chi connectivity index (χ2v) is 6.92. The Labute approximate surface area is 130 Å². The summed E-state index contributed by atoms with van der Waals surface area (Å²) in [6, 6.07) is 6.69. The van der Waals surface area contributed by atoms with Crippen LogP contribution in [0.2, 0.25) is 10.0 Å². The van der Waals surface area contributed by atoms with E-state index in [4.69, 9.17) is 27.9 Å². The van der Waals surface area contributed by atoms with E-state index in [0.29, 0.717) is 22.0 Å². The minimum Gasteiger partial charge on any atom is -0.380 e. The first kappa shape index (κ1) is 14.6. The summed E-state index contributed by atoms with van der Waals surface area (Å²) >= 11 is 12.2. The maximum absolute atomic E-state index is 6.17. The smallest absolute Gasteiger partial charge is 0.0648 e. The fraction of sp³-hybridized carbons (Fsp3) is 0.625. The van der Waals surface area contributed by atoms with Gasteiger partial charge in [-0.2, -0.15) is 0 Å². The third kappa shape index (κ3) is 2.85. The van der Waals surface area contributed by atoms with E-state index in [1.54, 1.807) is 0 Å². The average molecular weight is 314 g/mol. The second-order valence-electron chi connectivity index (χ2n) is 6.11. The van der Waals surface area contributed by atoms with Crippen LogP contribution in [0.4, 0.5) is 0 Å². The first-order valence-electron chi connectivity index (χ1n) is 7.42. The zero-order valence-electron chi connectivity index (χ0n) is 11.8. The van der Waals surface area contributed by atoms with E-state index in [2.05, 4.69) is 18.3 Å². The molecule has 2 heterocycles. The summed E-state index contributed by atoms with van der Waals surface area (Å²) in [6.07, 6.45) is 4.79. The van der Waals surface area contributed by atoms with Gasteiger partial charge in [-0.3, -0.25) is 0 Å². The Morgan fingerprint density at radius 1 is 1.35 bits per heavy atom. The van der Waals surface area contributed by atoms with Crippen LogP contribution in [0.3, 0.4) is 0 Å². The van der Waals surface area contributed by atoms with Crippen molar-refractivity contribution >= 4 is 23.2 Å². The van der Waals surface area contributed by atoms with E-state index in [1.165, 1.54) is 24.8 Å². The van der Waals surface area contributed by atoms with Crippen LogP contribution >= 0.6 is 23.2 Å². The van der Waals surface area contributed by atoms with Crippen LogP contribution in [-0.2, 0) is 4.74 Å². The molecule has 0 aliphatic carbocycles. The molecule has 20 heavy (non-hydrogen) atoms. The number of hydrogen-bond acceptors (Lipinski definition) is 2. The van der Waals surface area contributed by atoms with Crippen molar-refractivity contribution in [3.8, 4) is 0 Å². The molecule has 1 aromatic carbocycles. The van der Waals surface area contributed by atoms with Gasteiger partial charge in [0.15, 0.2) is 0 Å². The highest BCUT2D eigenvalue weighted by molar-refractivity contribution is 6.42. The molecule has 2 fully saturated rings. The maximum Gasteiger partial charge on any atom is 0.0648 e. The van der Waals surface area contributed by atoms with Crippen molar-refractivity contribution in [1.82, 2.24) is 5.32 Å². The predicted molar refractivity (Wildman–Crippen MR) is 83.8 cm³/mol. The topological polar surface area (TPSA) is 21.3 Å². The zero-order chi connectivity index (χ0) is 14.2. The van der Waals surface area contributed by atoms with Crippen LogP contribution < -0.4 is 5.32 Å². The Balaban J connectivity index is 1.79. The van der Waals surface area contributed by atoms with Gasteiger partial charge in [-0.05, 0) is 56.2 Å². The first-order valence-corrected chi connectivity index (χ1v) is 8.18. The summed E-state index contributed by atoms with van der Waals surface area (Å²) < 4.78 is 5.71. The molecule has 2 aliphatic rings. The predicted octanol–water partition coefficient (Wildman–Crippen LogP) is 4.40. The second kappa shape index (κ2) is 5.84. The fourth-order valence-electron chi connectivity index (χ4n) is 3.75. The Morgan fingerprint density at radius 3 is 2.95 bits per heavy atom. The number of fused-ring (bicyclic) bond motifs is 2. The Hall–Kier alpha value is -0.280. The van der Waals surface area contributed by atoms with Crippen molar-refractivity contribution in [1.29, 1.82) is 0 Å². The largest absolute Gasteiger partial charge is 0.380 e. The number of halogens is 2. The minimum absolute atomic E-state index is 0.162. The van der Waals surface area contributed by atoms with Gasteiger partial charge in [0.25, 0.3) is 0 Å². The quantitative estimate of drug-likeness (QED) is 0.889. The number of piperidine rings is 1. The van der Waals surface area contributed by atoms with Crippen LogP contribution in [0.5, 0.6) is 0 Å². The van der Waals surface area contributed by atoms with E-state index >= 15 is 0 Å². The Morgan fingerprint density at radius 2 is 2.20 bits per heavy atom. The van der Waals surface area contributed by atoms with E-state index < -0.39 is 0 Å². The molecule has 2 nitrogen and oxygen atoms in total. The highest BCUT2D eigenvalue weighted by Crippen LogP contribution is 2.44. The molecule has 0 radical (unpaired) electrons. The van der Waals surface area contributed by atoms with Crippen molar-refractivity contribution in [3.05, 3.63) is 33.8 Å². The molecule has 1 N–H and O–H groups in total. The van der Waals surface area contributed by atoms with Gasteiger partial charge in [0.2, 0.25) is 0 Å². The molecule has 4 heteroatoms. The highest BCUT2D eigenvalue weighted by Gasteiger charge is 2.45. The summed E-state index contributed by atoms with van der Waals surface area (Å²) in [4.78, 5) is 0. The van der Waals surface area contributed by atoms with Crippen molar-refractivity contribution in [2.45, 2.75) is 50.1 Å². The number of benzene rings is 1. The van der Waals surface area contributed by atoms with Gasteiger partial charge < -0.3 is 10.1 Å². The van der Waals surface area contributed by atoms with Gasteiger partial charge in [0, 0.05) is 18.2 Å². The van der Waals surface area contributed by atoms with E-state index in [1.807, 2.05) is 12.1 Å². The SMILES string of the molecule is CCOC[C@@]12CC[C@H](C[C@H](c3ccc(Cl)c(Cl)c3)C1)N2. The number of rotatable bonds is 4. The van der Waals surface area contributed by atoms with E-state index in [-0.39, 0.29) is 5.54 Å². The number of hydrogen-bond donors (Lipinski definition) is 1. The monoisotopic (exact) mass is 313 g/mol. The van der Waals surface area contributed by atoms with Crippen LogP contribution in [0.25, 0.3) is 0 Å². The third-order valence-corrected chi connectivity index (χ3v) is 5.42. The van der Waals surface area contributed by atoms with Gasteiger partial charge in [0.1, 0.15) is 0 Å². The first-order chi connectivity index (χ1) is 9.62. The van der Waals surface area contributed by atoms with Gasteiger partial charge in [-0.1, -0.05) is 29.3 Å². The van der Waals surface area contributed by atoms with Crippen molar-refractivity contribution in [3.63, 3.8) is 0 Å². The van der Waals surface area contributed by atoms with Gasteiger partial charge >= 0.3 is 0 Å². The van der Waals surface area contributed by atoms with Crippen LogP contribution in [0, 0.1) is 0 Å². The molecule has 110 valence electrons. The molecule has 0 saturated carbocycles. The molecule has 3 atom stereocenters. The third-order valence-electron chi connectivity index (χ3n) is 4.69. The fourth-order valence-corrected chi connectivity index (χ4v) is 4.06. The zero-order valence-corrected chi connectivity index (χ0v) is 13.3. The summed E-state index contributed by atoms with van der Waals surface area (Å²) in [5, 5.41) is 5.08. The van der Waals surface area contributed by atoms with Crippen molar-refractivity contribution in [2.75, 3.05) is 13.2 Å². The van der Waals surface area contributed by atoms with Crippen molar-refractivity contribution in [2.24, 2.45) is 0 Å². The molecular weight excluding hydrogens is 293 g/mol. The lowest BCUT2D eigenvalue weighted by molar-refractivity contribution is 0.0654. The van der Waals surface area contributed by atoms with Crippen LogP contribution in [0.1, 0.15) is 44.1 Å². The van der Waals surface area contributed by atoms with Gasteiger partial charge in [-0.15, -0.1) is 0 Å². The number of ether oxygens (including phenoxy) is 1.